The molecule has 1 N–H and O–H groups in total. The first kappa shape index (κ1) is 15.0. The quantitative estimate of drug-likeness (QED) is 0.777. The summed E-state index contributed by atoms with van der Waals surface area (Å²) in [5, 5.41) is 14.6. The number of benzene rings is 1. The molecular formula is C16H17N5O2. The highest BCUT2D eigenvalue weighted by Gasteiger charge is 2.14. The lowest BCUT2D eigenvalue weighted by atomic mass is 10.2. The van der Waals surface area contributed by atoms with Crippen molar-refractivity contribution in [3.8, 4) is 0 Å². The van der Waals surface area contributed by atoms with E-state index in [0.29, 0.717) is 18.8 Å². The number of hydrogen-bond donors (Lipinski definition) is 1. The summed E-state index contributed by atoms with van der Waals surface area (Å²) in [5.74, 6) is 0.430. The molecule has 1 aromatic carbocycles. The molecule has 3 aromatic rings. The number of rotatable bonds is 5. The Morgan fingerprint density at radius 3 is 2.74 bits per heavy atom. The predicted octanol–water partition coefficient (Wildman–Crippen LogP) is 1.86. The van der Waals surface area contributed by atoms with Gasteiger partial charge in [-0.3, -0.25) is 4.79 Å². The number of nitrogens with one attached hydrogen (secondary N) is 1. The lowest BCUT2D eigenvalue weighted by Gasteiger charge is -2.02. The number of aryl methyl sites for hydroxylation is 2. The number of aromatic nitrogens is 4. The van der Waals surface area contributed by atoms with E-state index in [1.807, 2.05) is 44.2 Å². The molecule has 0 fully saturated rings. The van der Waals surface area contributed by atoms with Crippen molar-refractivity contribution in [2.75, 3.05) is 0 Å². The van der Waals surface area contributed by atoms with Gasteiger partial charge in [0, 0.05) is 12.1 Å². The van der Waals surface area contributed by atoms with Crippen molar-refractivity contribution in [1.82, 2.24) is 25.5 Å². The zero-order valence-corrected chi connectivity index (χ0v) is 13.0. The summed E-state index contributed by atoms with van der Waals surface area (Å²) in [4.78, 5) is 12.2. The summed E-state index contributed by atoms with van der Waals surface area (Å²) in [6, 6.07) is 9.88. The number of carbonyl (C=O) groups is 1. The number of nitrogens with zero attached hydrogens (tertiary/aromatic N) is 4. The fourth-order valence-corrected chi connectivity index (χ4v) is 2.26. The maximum absolute atomic E-state index is 12.2. The van der Waals surface area contributed by atoms with Gasteiger partial charge in [0.1, 0.15) is 5.76 Å². The van der Waals surface area contributed by atoms with Gasteiger partial charge in [0.05, 0.1) is 18.4 Å². The number of carbonyl (C=O) groups excluding carboxylic acids is 1. The minimum absolute atomic E-state index is 0.274. The maximum Gasteiger partial charge on any atom is 0.273 e. The Balaban J connectivity index is 1.62. The molecule has 7 nitrogen and oxygen atoms in total. The fourth-order valence-electron chi connectivity index (χ4n) is 2.26. The van der Waals surface area contributed by atoms with Gasteiger partial charge in [-0.1, -0.05) is 40.7 Å². The zero-order chi connectivity index (χ0) is 16.2. The van der Waals surface area contributed by atoms with Crippen LogP contribution in [0.4, 0.5) is 0 Å². The van der Waals surface area contributed by atoms with Crippen LogP contribution in [0.3, 0.4) is 0 Å². The zero-order valence-electron chi connectivity index (χ0n) is 13.0. The van der Waals surface area contributed by atoms with Crippen molar-refractivity contribution in [3.63, 3.8) is 0 Å². The van der Waals surface area contributed by atoms with Crippen LogP contribution in [0.15, 0.2) is 41.1 Å². The highest BCUT2D eigenvalue weighted by molar-refractivity contribution is 5.91. The smallest absolute Gasteiger partial charge is 0.273 e. The van der Waals surface area contributed by atoms with E-state index in [1.54, 1.807) is 10.9 Å². The van der Waals surface area contributed by atoms with E-state index >= 15 is 0 Å². The molecule has 1 amide bonds. The Morgan fingerprint density at radius 1 is 1.26 bits per heavy atom. The molecule has 118 valence electrons. The van der Waals surface area contributed by atoms with Gasteiger partial charge in [-0.05, 0) is 19.4 Å². The predicted molar refractivity (Wildman–Crippen MR) is 82.7 cm³/mol. The summed E-state index contributed by atoms with van der Waals surface area (Å²) in [5.41, 5.74) is 3.04. The topological polar surface area (TPSA) is 85.8 Å². The molecule has 0 radical (unpaired) electrons. The summed E-state index contributed by atoms with van der Waals surface area (Å²) >= 11 is 0. The summed E-state index contributed by atoms with van der Waals surface area (Å²) in [6.45, 7) is 4.59. The summed E-state index contributed by atoms with van der Waals surface area (Å²) in [6.07, 6.45) is 1.63. The molecule has 0 aliphatic heterocycles. The van der Waals surface area contributed by atoms with Crippen LogP contribution in [-0.4, -0.2) is 26.1 Å². The second kappa shape index (κ2) is 6.43. The molecule has 7 heteroatoms. The first-order valence-electron chi connectivity index (χ1n) is 7.27. The summed E-state index contributed by atoms with van der Waals surface area (Å²) < 4.78 is 6.71. The van der Waals surface area contributed by atoms with Crippen LogP contribution in [0.5, 0.6) is 0 Å². The van der Waals surface area contributed by atoms with Crippen LogP contribution in [0.1, 0.15) is 33.1 Å². The third-order valence-electron chi connectivity index (χ3n) is 3.57. The molecule has 0 atom stereocenters. The lowest BCUT2D eigenvalue weighted by Crippen LogP contribution is -2.23. The second-order valence-electron chi connectivity index (χ2n) is 5.27. The average Bonchev–Trinajstić information content (AvgIpc) is 3.14. The molecular weight excluding hydrogens is 294 g/mol. The highest BCUT2D eigenvalue weighted by atomic mass is 16.5. The molecule has 0 saturated heterocycles. The van der Waals surface area contributed by atoms with Crippen LogP contribution < -0.4 is 5.32 Å². The third kappa shape index (κ3) is 3.45. The van der Waals surface area contributed by atoms with Gasteiger partial charge in [-0.2, -0.15) is 0 Å². The van der Waals surface area contributed by atoms with Crippen LogP contribution in [0, 0.1) is 13.8 Å². The first-order valence-corrected chi connectivity index (χ1v) is 7.27. The van der Waals surface area contributed by atoms with Crippen molar-refractivity contribution in [2.45, 2.75) is 26.9 Å². The Kier molecular flexibility index (Phi) is 4.18. The lowest BCUT2D eigenvalue weighted by molar-refractivity contribution is 0.0945. The molecule has 0 bridgehead atoms. The van der Waals surface area contributed by atoms with Crippen molar-refractivity contribution in [2.24, 2.45) is 0 Å². The molecule has 0 aliphatic carbocycles. The van der Waals surface area contributed by atoms with Gasteiger partial charge in [0.25, 0.3) is 5.91 Å². The average molecular weight is 311 g/mol. The normalized spacial score (nSPS) is 10.7. The Labute approximate surface area is 133 Å². The van der Waals surface area contributed by atoms with E-state index in [2.05, 4.69) is 20.8 Å². The Morgan fingerprint density at radius 2 is 2.04 bits per heavy atom. The molecule has 3 rings (SSSR count). The van der Waals surface area contributed by atoms with Gasteiger partial charge >= 0.3 is 0 Å². The van der Waals surface area contributed by atoms with E-state index in [0.717, 1.165) is 16.8 Å². The SMILES string of the molecule is Cc1noc(C)c1CNC(=O)c1cn(Cc2ccccc2)nn1. The van der Waals surface area contributed by atoms with Crippen LogP contribution >= 0.6 is 0 Å². The monoisotopic (exact) mass is 311 g/mol. The van der Waals surface area contributed by atoms with Gasteiger partial charge in [-0.25, -0.2) is 4.68 Å². The van der Waals surface area contributed by atoms with Crippen LogP contribution in [0.25, 0.3) is 0 Å². The highest BCUT2D eigenvalue weighted by Crippen LogP contribution is 2.11. The molecule has 0 unspecified atom stereocenters. The van der Waals surface area contributed by atoms with Gasteiger partial charge in [0.15, 0.2) is 5.69 Å². The number of amides is 1. The number of hydrogen-bond acceptors (Lipinski definition) is 5. The molecule has 23 heavy (non-hydrogen) atoms. The van der Waals surface area contributed by atoms with E-state index in [4.69, 9.17) is 4.52 Å². The van der Waals surface area contributed by atoms with Crippen LogP contribution in [0.2, 0.25) is 0 Å². The van der Waals surface area contributed by atoms with Crippen molar-refractivity contribution >= 4 is 5.91 Å². The molecule has 0 spiro atoms. The first-order chi connectivity index (χ1) is 11.1. The van der Waals surface area contributed by atoms with Gasteiger partial charge < -0.3 is 9.84 Å². The molecule has 0 saturated carbocycles. The van der Waals surface area contributed by atoms with Crippen LogP contribution in [-0.2, 0) is 13.1 Å². The molecule has 2 aromatic heterocycles. The van der Waals surface area contributed by atoms with Gasteiger partial charge in [0.2, 0.25) is 0 Å². The van der Waals surface area contributed by atoms with E-state index < -0.39 is 0 Å². The molecule has 2 heterocycles. The maximum atomic E-state index is 12.2. The standard InChI is InChI=1S/C16H17N5O2/c1-11-14(12(2)23-19-11)8-17-16(22)15-10-21(20-18-15)9-13-6-4-3-5-7-13/h3-7,10H,8-9H2,1-2H3,(H,17,22). The second-order valence-corrected chi connectivity index (χ2v) is 5.27. The van der Waals surface area contributed by atoms with E-state index in [1.165, 1.54) is 0 Å². The van der Waals surface area contributed by atoms with E-state index in [-0.39, 0.29) is 11.6 Å². The van der Waals surface area contributed by atoms with Gasteiger partial charge in [-0.15, -0.1) is 5.10 Å². The van der Waals surface area contributed by atoms with Crippen molar-refractivity contribution in [3.05, 3.63) is 64.8 Å². The minimum atomic E-state index is -0.274. The summed E-state index contributed by atoms with van der Waals surface area (Å²) in [7, 11) is 0. The van der Waals surface area contributed by atoms with E-state index in [9.17, 15) is 4.79 Å². The molecule has 0 aliphatic rings. The van der Waals surface area contributed by atoms with Crippen molar-refractivity contribution < 1.29 is 9.32 Å². The largest absolute Gasteiger partial charge is 0.361 e. The Bertz CT molecular complexity index is 788. The van der Waals surface area contributed by atoms with Crippen molar-refractivity contribution in [1.29, 1.82) is 0 Å². The minimum Gasteiger partial charge on any atom is -0.361 e. The Hall–Kier alpha value is -2.96. The fraction of sp³-hybridized carbons (Fsp3) is 0.250. The third-order valence-corrected chi connectivity index (χ3v) is 3.57.